The van der Waals surface area contributed by atoms with E-state index in [1.165, 1.54) is 39.9 Å². The number of amides is 1. The third-order valence-corrected chi connectivity index (χ3v) is 4.95. The Hall–Kier alpha value is -3.07. The molecule has 0 spiro atoms. The largest absolute Gasteiger partial charge is 0.498 e. The van der Waals surface area contributed by atoms with Crippen LogP contribution in [0.3, 0.4) is 0 Å². The maximum atomic E-state index is 11.3. The summed E-state index contributed by atoms with van der Waals surface area (Å²) in [7, 11) is 0. The monoisotopic (exact) mass is 358 g/mol. The SMILES string of the molecule is CC(=O)Nc1ccc(-[o+]2c3c(C)cc(C)cc3c3cc(C)cc(C)c32)cc1. The lowest BCUT2D eigenvalue weighted by atomic mass is 10.0. The highest BCUT2D eigenvalue weighted by molar-refractivity contribution is 6.08. The molecule has 3 nitrogen and oxygen atoms in total. The van der Waals surface area contributed by atoms with Crippen molar-refractivity contribution in [2.45, 2.75) is 34.6 Å². The summed E-state index contributed by atoms with van der Waals surface area (Å²) >= 11 is 0. The highest BCUT2D eigenvalue weighted by atomic mass is 16.6. The van der Waals surface area contributed by atoms with E-state index in [9.17, 15) is 4.79 Å². The molecule has 1 heterocycles. The van der Waals surface area contributed by atoms with Gasteiger partial charge in [0.2, 0.25) is 5.91 Å². The molecule has 0 aliphatic carbocycles. The zero-order valence-electron chi connectivity index (χ0n) is 16.4. The normalized spacial score (nSPS) is 11.3. The Balaban J connectivity index is 2.08. The van der Waals surface area contributed by atoms with E-state index in [1.54, 1.807) is 0 Å². The highest BCUT2D eigenvalue weighted by Gasteiger charge is 2.25. The first-order valence-corrected chi connectivity index (χ1v) is 9.20. The van der Waals surface area contributed by atoms with E-state index in [4.69, 9.17) is 0 Å². The fourth-order valence-corrected chi connectivity index (χ4v) is 4.07. The van der Waals surface area contributed by atoms with E-state index >= 15 is 0 Å². The predicted molar refractivity (Wildman–Crippen MR) is 113 cm³/mol. The molecule has 1 aromatic heterocycles. The number of fused-ring (bicyclic) bond motifs is 3. The second-order valence-electron chi connectivity index (χ2n) is 7.43. The van der Waals surface area contributed by atoms with Gasteiger partial charge < -0.3 is 9.36 Å². The van der Waals surface area contributed by atoms with E-state index in [2.05, 4.69) is 61.3 Å². The Morgan fingerprint density at radius 3 is 1.70 bits per heavy atom. The summed E-state index contributed by atoms with van der Waals surface area (Å²) in [5, 5.41) is 5.34. The smallest absolute Gasteiger partial charge is 0.278 e. The molecule has 3 aromatic carbocycles. The molecule has 0 radical (unpaired) electrons. The van der Waals surface area contributed by atoms with E-state index in [0.29, 0.717) is 0 Å². The molecular formula is C24H24NO2+. The van der Waals surface area contributed by atoms with Gasteiger partial charge in [-0.25, -0.2) is 0 Å². The average molecular weight is 358 g/mol. The van der Waals surface area contributed by atoms with Gasteiger partial charge in [-0.05, 0) is 75.2 Å². The lowest BCUT2D eigenvalue weighted by Gasteiger charge is -2.09. The van der Waals surface area contributed by atoms with Gasteiger partial charge in [0.1, 0.15) is 0 Å². The van der Waals surface area contributed by atoms with E-state index in [0.717, 1.165) is 22.6 Å². The number of nitrogens with one attached hydrogen (secondary N) is 1. The summed E-state index contributed by atoms with van der Waals surface area (Å²) in [6.07, 6.45) is 0. The lowest BCUT2D eigenvalue weighted by molar-refractivity contribution is -0.114. The van der Waals surface area contributed by atoms with Crippen LogP contribution in [-0.2, 0) is 4.79 Å². The van der Waals surface area contributed by atoms with Crippen LogP contribution in [0.15, 0.2) is 52.6 Å². The van der Waals surface area contributed by atoms with Crippen LogP contribution >= 0.6 is 0 Å². The van der Waals surface area contributed by atoms with Gasteiger partial charge in [0, 0.05) is 35.9 Å². The average Bonchev–Trinajstić information content (AvgIpc) is 2.90. The van der Waals surface area contributed by atoms with E-state index < -0.39 is 0 Å². The molecule has 4 rings (SSSR count). The Morgan fingerprint density at radius 1 is 0.778 bits per heavy atom. The quantitative estimate of drug-likeness (QED) is 0.410. The van der Waals surface area contributed by atoms with Gasteiger partial charge in [-0.1, -0.05) is 0 Å². The highest BCUT2D eigenvalue weighted by Crippen LogP contribution is 2.42. The van der Waals surface area contributed by atoms with Crippen molar-refractivity contribution in [1.29, 1.82) is 0 Å². The van der Waals surface area contributed by atoms with Crippen LogP contribution in [0.25, 0.3) is 27.7 Å². The van der Waals surface area contributed by atoms with Crippen LogP contribution in [0.4, 0.5) is 5.69 Å². The second-order valence-corrected chi connectivity index (χ2v) is 7.43. The van der Waals surface area contributed by atoms with Gasteiger partial charge in [-0.15, -0.1) is 0 Å². The molecular weight excluding hydrogens is 334 g/mol. The number of aryl methyl sites for hydroxylation is 4. The number of rotatable bonds is 2. The number of carbonyl (C=O) groups excluding carboxylic acids is 1. The van der Waals surface area contributed by atoms with Gasteiger partial charge in [-0.3, -0.25) is 4.79 Å². The molecule has 1 amide bonds. The van der Waals surface area contributed by atoms with Gasteiger partial charge in [0.15, 0.2) is 0 Å². The summed E-state index contributed by atoms with van der Waals surface area (Å²) in [4.78, 5) is 11.3. The lowest BCUT2D eigenvalue weighted by Crippen LogP contribution is -2.05. The first kappa shape index (κ1) is 17.3. The first-order chi connectivity index (χ1) is 12.8. The van der Waals surface area contributed by atoms with Crippen LogP contribution < -0.4 is 5.32 Å². The maximum Gasteiger partial charge on any atom is 0.278 e. The van der Waals surface area contributed by atoms with Crippen molar-refractivity contribution in [3.05, 3.63) is 70.8 Å². The first-order valence-electron chi connectivity index (χ1n) is 9.20. The summed E-state index contributed by atoms with van der Waals surface area (Å²) in [5.74, 6) is 0.952. The fraction of sp³-hybridized carbons (Fsp3) is 0.208. The molecule has 0 fully saturated rings. The number of benzene rings is 3. The Bertz CT molecular complexity index is 1130. The van der Waals surface area contributed by atoms with E-state index in [-0.39, 0.29) is 5.91 Å². The third-order valence-electron chi connectivity index (χ3n) is 4.95. The van der Waals surface area contributed by atoms with Gasteiger partial charge in [-0.2, -0.15) is 0 Å². The van der Waals surface area contributed by atoms with Crippen LogP contribution in [0.2, 0.25) is 0 Å². The van der Waals surface area contributed by atoms with Crippen LogP contribution in [0.1, 0.15) is 29.2 Å². The topological polar surface area (TPSA) is 31.8 Å². The summed E-state index contributed by atoms with van der Waals surface area (Å²) in [6.45, 7) is 10.1. The molecule has 0 unspecified atom stereocenters. The van der Waals surface area contributed by atoms with Crippen molar-refractivity contribution in [1.82, 2.24) is 0 Å². The molecule has 27 heavy (non-hydrogen) atoms. The maximum absolute atomic E-state index is 11.3. The standard InChI is InChI=1S/C24H23NO2/c1-14-10-16(3)23-21(12-14)22-13-15(2)11-17(4)24(22)27(23)20-8-6-19(7-9-20)25-18(5)26/h6-13H,1-5H3/p+1. The number of hydrogen-bond donors (Lipinski definition) is 1. The molecule has 0 aliphatic heterocycles. The molecule has 0 atom stereocenters. The Morgan fingerprint density at radius 2 is 1.26 bits per heavy atom. The molecule has 0 saturated heterocycles. The van der Waals surface area contributed by atoms with Gasteiger partial charge in [0.05, 0.1) is 10.8 Å². The Labute approximate surface area is 159 Å². The second kappa shape index (κ2) is 6.27. The molecule has 136 valence electrons. The number of anilines is 1. The Kier molecular flexibility index (Phi) is 4.03. The number of carbonyl (C=O) groups is 1. The zero-order chi connectivity index (χ0) is 19.3. The molecule has 0 aliphatic rings. The predicted octanol–water partition coefficient (Wildman–Crippen LogP) is 6.45. The van der Waals surface area contributed by atoms with Crippen molar-refractivity contribution in [3.8, 4) is 5.75 Å². The zero-order valence-corrected chi connectivity index (χ0v) is 16.4. The van der Waals surface area contributed by atoms with Gasteiger partial charge in [0.25, 0.3) is 16.9 Å². The van der Waals surface area contributed by atoms with Crippen molar-refractivity contribution in [2.24, 2.45) is 0 Å². The van der Waals surface area contributed by atoms with Crippen molar-refractivity contribution in [2.75, 3.05) is 5.32 Å². The summed E-state index contributed by atoms with van der Waals surface area (Å²) in [6, 6.07) is 16.9. The number of hydrogen-bond acceptors (Lipinski definition) is 1. The van der Waals surface area contributed by atoms with Crippen LogP contribution in [-0.4, -0.2) is 5.91 Å². The van der Waals surface area contributed by atoms with Crippen molar-refractivity contribution >= 4 is 33.5 Å². The van der Waals surface area contributed by atoms with Crippen LogP contribution in [0.5, 0.6) is 0 Å². The van der Waals surface area contributed by atoms with Crippen molar-refractivity contribution in [3.63, 3.8) is 0 Å². The number of furan rings is 1. The summed E-state index contributed by atoms with van der Waals surface area (Å²) in [5.41, 5.74) is 8.11. The van der Waals surface area contributed by atoms with Gasteiger partial charge >= 0.3 is 0 Å². The third kappa shape index (κ3) is 2.89. The van der Waals surface area contributed by atoms with Crippen LogP contribution in [0, 0.1) is 27.7 Å². The molecule has 0 saturated carbocycles. The summed E-state index contributed by atoms with van der Waals surface area (Å²) < 4.78 is 3.41. The fourth-order valence-electron chi connectivity index (χ4n) is 4.07. The molecule has 1 N–H and O–H groups in total. The molecule has 3 heteroatoms. The molecule has 4 aromatic rings. The minimum atomic E-state index is -0.0649. The molecule has 0 bridgehead atoms. The van der Waals surface area contributed by atoms with Crippen molar-refractivity contribution < 1.29 is 8.84 Å². The minimum absolute atomic E-state index is 0.0649. The minimum Gasteiger partial charge on any atom is -0.498 e. The van der Waals surface area contributed by atoms with E-state index in [1.807, 2.05) is 24.3 Å².